The summed E-state index contributed by atoms with van der Waals surface area (Å²) < 4.78 is 21.6. The average molecular weight is 301 g/mol. The van der Waals surface area contributed by atoms with E-state index in [4.69, 9.17) is 18.9 Å². The van der Waals surface area contributed by atoms with Crippen molar-refractivity contribution in [1.29, 1.82) is 0 Å². The standard InChI is InChI=1S/C17H19NO4/c1-19-14-5-3-12(9-16(14)20-2)11-18-13-4-6-15-17(10-13)22-8-7-21-15/h3-6,9-10,18H,7-8,11H2,1-2H3. The third-order valence-electron chi connectivity index (χ3n) is 3.49. The van der Waals surface area contributed by atoms with Gasteiger partial charge in [-0.1, -0.05) is 6.07 Å². The van der Waals surface area contributed by atoms with E-state index in [1.807, 2.05) is 36.4 Å². The Morgan fingerprint density at radius 3 is 2.45 bits per heavy atom. The zero-order valence-corrected chi connectivity index (χ0v) is 12.7. The van der Waals surface area contributed by atoms with E-state index in [0.717, 1.165) is 34.2 Å². The Kier molecular flexibility index (Phi) is 4.23. The van der Waals surface area contributed by atoms with Gasteiger partial charge in [-0.15, -0.1) is 0 Å². The topological polar surface area (TPSA) is 49.0 Å². The van der Waals surface area contributed by atoms with Gasteiger partial charge in [-0.25, -0.2) is 0 Å². The van der Waals surface area contributed by atoms with Crippen LogP contribution in [0.15, 0.2) is 36.4 Å². The monoisotopic (exact) mass is 301 g/mol. The maximum absolute atomic E-state index is 5.58. The molecule has 22 heavy (non-hydrogen) atoms. The maximum atomic E-state index is 5.58. The molecule has 2 aromatic carbocycles. The van der Waals surface area contributed by atoms with Gasteiger partial charge in [0, 0.05) is 18.3 Å². The van der Waals surface area contributed by atoms with E-state index in [9.17, 15) is 0 Å². The predicted octanol–water partition coefficient (Wildman–Crippen LogP) is 3.09. The maximum Gasteiger partial charge on any atom is 0.163 e. The molecule has 1 aliphatic heterocycles. The molecule has 5 heteroatoms. The van der Waals surface area contributed by atoms with Gasteiger partial charge in [-0.3, -0.25) is 0 Å². The molecule has 1 heterocycles. The molecule has 2 aromatic rings. The van der Waals surface area contributed by atoms with Crippen LogP contribution >= 0.6 is 0 Å². The highest BCUT2D eigenvalue weighted by molar-refractivity contribution is 5.55. The van der Waals surface area contributed by atoms with Gasteiger partial charge in [0.05, 0.1) is 14.2 Å². The second kappa shape index (κ2) is 6.47. The van der Waals surface area contributed by atoms with Crippen molar-refractivity contribution in [1.82, 2.24) is 0 Å². The van der Waals surface area contributed by atoms with E-state index in [0.29, 0.717) is 19.8 Å². The van der Waals surface area contributed by atoms with Crippen molar-refractivity contribution in [3.63, 3.8) is 0 Å². The number of ether oxygens (including phenoxy) is 4. The first-order valence-electron chi connectivity index (χ1n) is 7.14. The molecule has 0 aliphatic carbocycles. The number of fused-ring (bicyclic) bond motifs is 1. The third-order valence-corrected chi connectivity index (χ3v) is 3.49. The summed E-state index contributed by atoms with van der Waals surface area (Å²) in [7, 11) is 3.26. The molecule has 0 fully saturated rings. The number of hydrogen-bond acceptors (Lipinski definition) is 5. The van der Waals surface area contributed by atoms with Crippen molar-refractivity contribution >= 4 is 5.69 Å². The van der Waals surface area contributed by atoms with Gasteiger partial charge in [-0.05, 0) is 29.8 Å². The van der Waals surface area contributed by atoms with Gasteiger partial charge in [0.1, 0.15) is 13.2 Å². The van der Waals surface area contributed by atoms with E-state index in [1.54, 1.807) is 14.2 Å². The van der Waals surface area contributed by atoms with E-state index in [2.05, 4.69) is 5.32 Å². The zero-order chi connectivity index (χ0) is 15.4. The van der Waals surface area contributed by atoms with Gasteiger partial charge >= 0.3 is 0 Å². The lowest BCUT2D eigenvalue weighted by atomic mass is 10.2. The van der Waals surface area contributed by atoms with Crippen molar-refractivity contribution in [2.24, 2.45) is 0 Å². The Hall–Kier alpha value is -2.56. The molecule has 0 unspecified atom stereocenters. The number of nitrogens with one attached hydrogen (secondary N) is 1. The Morgan fingerprint density at radius 1 is 0.909 bits per heavy atom. The number of benzene rings is 2. The van der Waals surface area contributed by atoms with Crippen LogP contribution in [0.5, 0.6) is 23.0 Å². The Balaban J connectivity index is 1.69. The van der Waals surface area contributed by atoms with Gasteiger partial charge in [-0.2, -0.15) is 0 Å². The number of rotatable bonds is 5. The van der Waals surface area contributed by atoms with Crippen molar-refractivity contribution in [3.8, 4) is 23.0 Å². The highest BCUT2D eigenvalue weighted by atomic mass is 16.6. The molecule has 5 nitrogen and oxygen atoms in total. The van der Waals surface area contributed by atoms with E-state index in [1.165, 1.54) is 0 Å². The molecule has 1 N–H and O–H groups in total. The summed E-state index contributed by atoms with van der Waals surface area (Å²) in [6, 6.07) is 11.7. The SMILES string of the molecule is COc1ccc(CNc2ccc3c(c2)OCCO3)cc1OC. The molecule has 0 saturated heterocycles. The van der Waals surface area contributed by atoms with Crippen molar-refractivity contribution < 1.29 is 18.9 Å². The van der Waals surface area contributed by atoms with Crippen LogP contribution in [0.3, 0.4) is 0 Å². The molecule has 116 valence electrons. The molecule has 0 bridgehead atoms. The summed E-state index contributed by atoms with van der Waals surface area (Å²) in [4.78, 5) is 0. The second-order valence-corrected chi connectivity index (χ2v) is 4.90. The molecular formula is C17H19NO4. The first-order chi connectivity index (χ1) is 10.8. The van der Waals surface area contributed by atoms with Crippen molar-refractivity contribution in [3.05, 3.63) is 42.0 Å². The van der Waals surface area contributed by atoms with Crippen LogP contribution in [0.1, 0.15) is 5.56 Å². The van der Waals surface area contributed by atoms with E-state index in [-0.39, 0.29) is 0 Å². The highest BCUT2D eigenvalue weighted by Gasteiger charge is 2.11. The molecule has 0 radical (unpaired) electrons. The summed E-state index contributed by atoms with van der Waals surface area (Å²) in [5.41, 5.74) is 2.09. The highest BCUT2D eigenvalue weighted by Crippen LogP contribution is 2.33. The summed E-state index contributed by atoms with van der Waals surface area (Å²) in [6.45, 7) is 1.87. The number of methoxy groups -OCH3 is 2. The summed E-state index contributed by atoms with van der Waals surface area (Å²) in [6.07, 6.45) is 0. The van der Waals surface area contributed by atoms with Crippen molar-refractivity contribution in [2.45, 2.75) is 6.54 Å². The van der Waals surface area contributed by atoms with Crippen molar-refractivity contribution in [2.75, 3.05) is 32.8 Å². The fraction of sp³-hybridized carbons (Fsp3) is 0.294. The molecule has 0 saturated carbocycles. The lowest BCUT2D eigenvalue weighted by Gasteiger charge is -2.19. The first kappa shape index (κ1) is 14.4. The smallest absolute Gasteiger partial charge is 0.163 e. The Bertz CT molecular complexity index is 618. The van der Waals surface area contributed by atoms with Gasteiger partial charge in [0.25, 0.3) is 0 Å². The predicted molar refractivity (Wildman–Crippen MR) is 84.3 cm³/mol. The molecular weight excluding hydrogens is 282 g/mol. The molecule has 0 atom stereocenters. The normalized spacial score (nSPS) is 12.6. The molecule has 0 spiro atoms. The lowest BCUT2D eigenvalue weighted by Crippen LogP contribution is -2.15. The summed E-state index contributed by atoms with van der Waals surface area (Å²) in [5, 5.41) is 3.37. The first-order valence-corrected chi connectivity index (χ1v) is 7.14. The average Bonchev–Trinajstić information content (AvgIpc) is 2.59. The molecule has 1 aliphatic rings. The minimum Gasteiger partial charge on any atom is -0.493 e. The largest absolute Gasteiger partial charge is 0.493 e. The number of anilines is 1. The summed E-state index contributed by atoms with van der Waals surface area (Å²) in [5.74, 6) is 3.03. The van der Waals surface area contributed by atoms with Crippen LogP contribution in [-0.4, -0.2) is 27.4 Å². The molecule has 0 aromatic heterocycles. The zero-order valence-electron chi connectivity index (χ0n) is 12.7. The summed E-state index contributed by atoms with van der Waals surface area (Å²) >= 11 is 0. The van der Waals surface area contributed by atoms with Gasteiger partial charge < -0.3 is 24.3 Å². The lowest BCUT2D eigenvalue weighted by molar-refractivity contribution is 0.171. The van der Waals surface area contributed by atoms with Crippen LogP contribution in [-0.2, 0) is 6.54 Å². The second-order valence-electron chi connectivity index (χ2n) is 4.90. The van der Waals surface area contributed by atoms with Crippen LogP contribution in [0.2, 0.25) is 0 Å². The minimum atomic E-state index is 0.589. The quantitative estimate of drug-likeness (QED) is 0.919. The van der Waals surface area contributed by atoms with Crippen LogP contribution < -0.4 is 24.3 Å². The van der Waals surface area contributed by atoms with Gasteiger partial charge in [0.2, 0.25) is 0 Å². The Labute approximate surface area is 129 Å². The fourth-order valence-corrected chi connectivity index (χ4v) is 2.35. The third kappa shape index (κ3) is 3.03. The number of hydrogen-bond donors (Lipinski definition) is 1. The van der Waals surface area contributed by atoms with Crippen LogP contribution in [0.25, 0.3) is 0 Å². The fourth-order valence-electron chi connectivity index (χ4n) is 2.35. The Morgan fingerprint density at radius 2 is 1.68 bits per heavy atom. The minimum absolute atomic E-state index is 0.589. The van der Waals surface area contributed by atoms with E-state index >= 15 is 0 Å². The molecule has 3 rings (SSSR count). The van der Waals surface area contributed by atoms with Gasteiger partial charge in [0.15, 0.2) is 23.0 Å². The van der Waals surface area contributed by atoms with E-state index < -0.39 is 0 Å². The van der Waals surface area contributed by atoms with Crippen LogP contribution in [0.4, 0.5) is 5.69 Å². The molecule has 0 amide bonds. The van der Waals surface area contributed by atoms with Crippen LogP contribution in [0, 0.1) is 0 Å².